The Balaban J connectivity index is 1.86. The van der Waals surface area contributed by atoms with Crippen molar-refractivity contribution in [3.8, 4) is 5.75 Å². The Morgan fingerprint density at radius 1 is 1.45 bits per heavy atom. The monoisotopic (exact) mass is 318 g/mol. The van der Waals surface area contributed by atoms with Crippen LogP contribution in [0.3, 0.4) is 0 Å². The summed E-state index contributed by atoms with van der Waals surface area (Å²) in [6, 6.07) is 5.33. The number of nitrogens with zero attached hydrogens (tertiary/aromatic N) is 2. The number of anilines is 2. The number of hydrogen-bond acceptors (Lipinski definition) is 5. The Kier molecular flexibility index (Phi) is 4.11. The number of benzene rings is 1. The third-order valence-corrected chi connectivity index (χ3v) is 3.77. The lowest BCUT2D eigenvalue weighted by molar-refractivity contribution is -0.118. The molecule has 114 valence electrons. The highest BCUT2D eigenvalue weighted by Gasteiger charge is 2.28. The Morgan fingerprint density at radius 3 is 3.14 bits per heavy atom. The van der Waals surface area contributed by atoms with E-state index in [1.165, 1.54) is 6.33 Å². The summed E-state index contributed by atoms with van der Waals surface area (Å²) in [5.41, 5.74) is 1.35. The Morgan fingerprint density at radius 2 is 2.32 bits per heavy atom. The number of halogens is 1. The molecule has 2 N–H and O–H groups in total. The fourth-order valence-corrected chi connectivity index (χ4v) is 2.66. The van der Waals surface area contributed by atoms with Gasteiger partial charge in [-0.05, 0) is 24.6 Å². The lowest BCUT2D eigenvalue weighted by atomic mass is 9.92. The van der Waals surface area contributed by atoms with Crippen LogP contribution >= 0.6 is 11.6 Å². The SMILES string of the molecule is CNc1ncncc1NC(=O)C1CCOc2ccc(Cl)cc21. The van der Waals surface area contributed by atoms with Gasteiger partial charge in [0.1, 0.15) is 17.8 Å². The van der Waals surface area contributed by atoms with E-state index >= 15 is 0 Å². The molecule has 0 saturated carbocycles. The normalized spacial score (nSPS) is 16.4. The van der Waals surface area contributed by atoms with Crippen LogP contribution in [0, 0.1) is 0 Å². The minimum atomic E-state index is -0.313. The van der Waals surface area contributed by atoms with Gasteiger partial charge >= 0.3 is 0 Å². The number of amides is 1. The number of hydrogen-bond donors (Lipinski definition) is 2. The summed E-state index contributed by atoms with van der Waals surface area (Å²) in [6.45, 7) is 0.497. The van der Waals surface area contributed by atoms with E-state index < -0.39 is 0 Å². The van der Waals surface area contributed by atoms with Crippen molar-refractivity contribution in [1.82, 2.24) is 9.97 Å². The molecule has 0 radical (unpaired) electrons. The highest BCUT2D eigenvalue weighted by molar-refractivity contribution is 6.30. The molecule has 0 bridgehead atoms. The van der Waals surface area contributed by atoms with Crippen LogP contribution in [0.1, 0.15) is 17.9 Å². The van der Waals surface area contributed by atoms with Gasteiger partial charge in [0.15, 0.2) is 5.82 Å². The molecule has 1 aromatic heterocycles. The lowest BCUT2D eigenvalue weighted by Gasteiger charge is -2.25. The second-order valence-corrected chi connectivity index (χ2v) is 5.33. The molecule has 22 heavy (non-hydrogen) atoms. The predicted octanol–water partition coefficient (Wildman–Crippen LogP) is 2.68. The summed E-state index contributed by atoms with van der Waals surface area (Å²) >= 11 is 6.04. The van der Waals surface area contributed by atoms with E-state index in [0.29, 0.717) is 35.3 Å². The van der Waals surface area contributed by atoms with Gasteiger partial charge in [-0.15, -0.1) is 0 Å². The molecule has 6 nitrogen and oxygen atoms in total. The molecule has 2 heterocycles. The fraction of sp³-hybridized carbons (Fsp3) is 0.267. The molecule has 0 aliphatic carbocycles. The van der Waals surface area contributed by atoms with E-state index in [9.17, 15) is 4.79 Å². The van der Waals surface area contributed by atoms with Crippen molar-refractivity contribution in [3.05, 3.63) is 41.3 Å². The van der Waals surface area contributed by atoms with Crippen molar-refractivity contribution in [1.29, 1.82) is 0 Å². The zero-order chi connectivity index (χ0) is 15.5. The first-order valence-electron chi connectivity index (χ1n) is 6.90. The van der Waals surface area contributed by atoms with Gasteiger partial charge in [0, 0.05) is 17.6 Å². The highest BCUT2D eigenvalue weighted by atomic mass is 35.5. The van der Waals surface area contributed by atoms with Gasteiger partial charge < -0.3 is 15.4 Å². The first-order valence-corrected chi connectivity index (χ1v) is 7.27. The first-order chi connectivity index (χ1) is 10.7. The van der Waals surface area contributed by atoms with Crippen molar-refractivity contribution >= 4 is 29.0 Å². The van der Waals surface area contributed by atoms with Crippen LogP contribution < -0.4 is 15.4 Å². The van der Waals surface area contributed by atoms with Crippen LogP contribution in [-0.4, -0.2) is 29.5 Å². The average molecular weight is 319 g/mol. The maximum atomic E-state index is 12.6. The third-order valence-electron chi connectivity index (χ3n) is 3.53. The van der Waals surface area contributed by atoms with Gasteiger partial charge in [-0.3, -0.25) is 4.79 Å². The molecule has 1 unspecified atom stereocenters. The number of carbonyl (C=O) groups is 1. The predicted molar refractivity (Wildman–Crippen MR) is 84.5 cm³/mol. The van der Waals surface area contributed by atoms with E-state index in [-0.39, 0.29) is 11.8 Å². The summed E-state index contributed by atoms with van der Waals surface area (Å²) in [5.74, 6) is 0.834. The minimum absolute atomic E-state index is 0.127. The molecular weight excluding hydrogens is 304 g/mol. The van der Waals surface area contributed by atoms with E-state index in [1.807, 2.05) is 0 Å². The van der Waals surface area contributed by atoms with Crippen LogP contribution in [0.5, 0.6) is 5.75 Å². The molecule has 1 amide bonds. The quantitative estimate of drug-likeness (QED) is 0.910. The van der Waals surface area contributed by atoms with Crippen LogP contribution in [0.4, 0.5) is 11.5 Å². The van der Waals surface area contributed by atoms with Gasteiger partial charge in [-0.2, -0.15) is 0 Å². The number of nitrogens with one attached hydrogen (secondary N) is 2. The second-order valence-electron chi connectivity index (χ2n) is 4.90. The molecule has 7 heteroatoms. The largest absolute Gasteiger partial charge is 0.493 e. The van der Waals surface area contributed by atoms with Crippen molar-refractivity contribution in [3.63, 3.8) is 0 Å². The van der Waals surface area contributed by atoms with Gasteiger partial charge in [0.2, 0.25) is 5.91 Å². The molecule has 1 aliphatic rings. The summed E-state index contributed by atoms with van der Waals surface area (Å²) in [7, 11) is 1.74. The summed E-state index contributed by atoms with van der Waals surface area (Å²) < 4.78 is 5.58. The fourth-order valence-electron chi connectivity index (χ4n) is 2.48. The molecule has 0 spiro atoms. The molecule has 2 aromatic rings. The van der Waals surface area contributed by atoms with E-state index in [2.05, 4.69) is 20.6 Å². The zero-order valence-electron chi connectivity index (χ0n) is 12.0. The van der Waals surface area contributed by atoms with Gasteiger partial charge in [0.25, 0.3) is 0 Å². The summed E-state index contributed by atoms with van der Waals surface area (Å²) in [4.78, 5) is 20.6. The molecule has 1 aromatic carbocycles. The van der Waals surface area contributed by atoms with E-state index in [0.717, 1.165) is 5.56 Å². The Bertz CT molecular complexity index is 708. The first kappa shape index (κ1) is 14.6. The number of fused-ring (bicyclic) bond motifs is 1. The highest BCUT2D eigenvalue weighted by Crippen LogP contribution is 2.36. The third kappa shape index (κ3) is 2.82. The van der Waals surface area contributed by atoms with Gasteiger partial charge in [-0.1, -0.05) is 11.6 Å². The smallest absolute Gasteiger partial charge is 0.232 e. The number of ether oxygens (including phenoxy) is 1. The number of carbonyl (C=O) groups excluding carboxylic acids is 1. The van der Waals surface area contributed by atoms with E-state index in [4.69, 9.17) is 16.3 Å². The van der Waals surface area contributed by atoms with E-state index in [1.54, 1.807) is 31.4 Å². The molecule has 0 saturated heterocycles. The standard InChI is InChI=1S/C15H15ClN4O2/c1-17-14-12(7-18-8-19-14)20-15(21)10-4-5-22-13-3-2-9(16)6-11(10)13/h2-3,6-8,10H,4-5H2,1H3,(H,20,21)(H,17,18,19). The summed E-state index contributed by atoms with van der Waals surface area (Å²) in [5, 5.41) is 6.37. The van der Waals surface area contributed by atoms with Gasteiger partial charge in [-0.25, -0.2) is 9.97 Å². The maximum absolute atomic E-state index is 12.6. The molecule has 1 aliphatic heterocycles. The molecular formula is C15H15ClN4O2. The maximum Gasteiger partial charge on any atom is 0.232 e. The molecule has 0 fully saturated rings. The van der Waals surface area contributed by atoms with Crippen LogP contribution in [0.25, 0.3) is 0 Å². The second kappa shape index (κ2) is 6.19. The van der Waals surface area contributed by atoms with Crippen LogP contribution in [0.2, 0.25) is 5.02 Å². The number of aromatic nitrogens is 2. The van der Waals surface area contributed by atoms with Crippen molar-refractivity contribution < 1.29 is 9.53 Å². The average Bonchev–Trinajstić information content (AvgIpc) is 2.54. The minimum Gasteiger partial charge on any atom is -0.493 e. The van der Waals surface area contributed by atoms with Crippen molar-refractivity contribution in [2.75, 3.05) is 24.3 Å². The zero-order valence-corrected chi connectivity index (χ0v) is 12.7. The van der Waals surface area contributed by atoms with Crippen LogP contribution in [0.15, 0.2) is 30.7 Å². The molecule has 1 atom stereocenters. The molecule has 3 rings (SSSR count). The summed E-state index contributed by atoms with van der Waals surface area (Å²) in [6.07, 6.45) is 3.59. The van der Waals surface area contributed by atoms with Gasteiger partial charge in [0.05, 0.1) is 18.7 Å². The van der Waals surface area contributed by atoms with Crippen molar-refractivity contribution in [2.45, 2.75) is 12.3 Å². The lowest BCUT2D eigenvalue weighted by Crippen LogP contribution is -2.27. The Labute approximate surface area is 132 Å². The van der Waals surface area contributed by atoms with Crippen molar-refractivity contribution in [2.24, 2.45) is 0 Å². The topological polar surface area (TPSA) is 76.1 Å². The Hall–Kier alpha value is -2.34. The van der Waals surface area contributed by atoms with Crippen LogP contribution in [-0.2, 0) is 4.79 Å². The number of rotatable bonds is 3.